The zero-order chi connectivity index (χ0) is 12.5. The Morgan fingerprint density at radius 3 is 2.94 bits per heavy atom. The van der Waals surface area contributed by atoms with Crippen LogP contribution in [0.25, 0.3) is 0 Å². The molecule has 0 spiro atoms. The maximum atomic E-state index is 11.4. The summed E-state index contributed by atoms with van der Waals surface area (Å²) in [5.41, 5.74) is 1.38. The molecule has 1 aromatic carbocycles. The van der Waals surface area contributed by atoms with E-state index >= 15 is 0 Å². The maximum absolute atomic E-state index is 11.4. The quantitative estimate of drug-likeness (QED) is 0.763. The monoisotopic (exact) mass is 233 g/mol. The molecule has 0 aliphatic carbocycles. The van der Waals surface area contributed by atoms with Crippen LogP contribution in [0.4, 0.5) is 5.69 Å². The summed E-state index contributed by atoms with van der Waals surface area (Å²) in [4.78, 5) is 11.4. The average Bonchev–Trinajstić information content (AvgIpc) is 2.32. The minimum atomic E-state index is -0.219. The number of rotatable bonds is 4. The number of aliphatic hydroxyl groups is 1. The van der Waals surface area contributed by atoms with Crippen molar-refractivity contribution in [2.75, 3.05) is 25.6 Å². The molecule has 17 heavy (non-hydrogen) atoms. The number of benzene rings is 1. The normalized spacial score (nSPS) is 9.29. The molecular weight excluding hydrogens is 218 g/mol. The third-order valence-electron chi connectivity index (χ3n) is 1.94. The number of carbonyl (C=O) groups excluding carboxylic acids is 1. The Morgan fingerprint density at radius 1 is 1.47 bits per heavy atom. The summed E-state index contributed by atoms with van der Waals surface area (Å²) in [5.74, 6) is 5.49. The first-order valence-electron chi connectivity index (χ1n) is 5.25. The largest absolute Gasteiger partial charge is 0.395 e. The molecule has 0 unspecified atom stereocenters. The van der Waals surface area contributed by atoms with Crippen molar-refractivity contribution in [1.29, 1.82) is 0 Å². The van der Waals surface area contributed by atoms with Crippen LogP contribution in [0.15, 0.2) is 24.3 Å². The number of hydrogen-bond donors (Lipinski definition) is 2. The molecule has 0 aliphatic rings. The van der Waals surface area contributed by atoms with E-state index < -0.39 is 0 Å². The van der Waals surface area contributed by atoms with Crippen LogP contribution in [0.2, 0.25) is 0 Å². The summed E-state index contributed by atoms with van der Waals surface area (Å²) in [6.45, 7) is 0.0452. The summed E-state index contributed by atoms with van der Waals surface area (Å²) in [5, 5.41) is 11.3. The molecule has 0 bridgehead atoms. The van der Waals surface area contributed by atoms with E-state index in [2.05, 4.69) is 17.2 Å². The number of anilines is 1. The van der Waals surface area contributed by atoms with Gasteiger partial charge in [-0.1, -0.05) is 24.0 Å². The Kier molecular flexibility index (Phi) is 5.80. The number of aliphatic hydroxyl groups excluding tert-OH is 1. The molecule has 0 aliphatic heterocycles. The van der Waals surface area contributed by atoms with Gasteiger partial charge in [0.25, 0.3) is 0 Å². The van der Waals surface area contributed by atoms with Gasteiger partial charge in [-0.3, -0.25) is 4.79 Å². The lowest BCUT2D eigenvalue weighted by atomic mass is 10.1. The fraction of sp³-hybridized carbons (Fsp3) is 0.308. The predicted octanol–water partition coefficient (Wildman–Crippen LogP) is 1.01. The lowest BCUT2D eigenvalue weighted by Gasteiger charge is -2.06. The van der Waals surface area contributed by atoms with Crippen molar-refractivity contribution in [1.82, 2.24) is 0 Å². The number of nitrogens with one attached hydrogen (secondary N) is 1. The second-order valence-electron chi connectivity index (χ2n) is 3.30. The maximum Gasteiger partial charge on any atom is 0.250 e. The van der Waals surface area contributed by atoms with Crippen LogP contribution in [-0.4, -0.2) is 31.3 Å². The molecule has 0 radical (unpaired) electrons. The van der Waals surface area contributed by atoms with E-state index in [-0.39, 0.29) is 19.1 Å². The molecule has 0 atom stereocenters. The number of para-hydroxylation sites is 1. The van der Waals surface area contributed by atoms with Crippen LogP contribution in [0.1, 0.15) is 12.0 Å². The third-order valence-corrected chi connectivity index (χ3v) is 1.94. The Labute approximate surface area is 101 Å². The molecule has 0 saturated heterocycles. The van der Waals surface area contributed by atoms with Crippen molar-refractivity contribution in [2.45, 2.75) is 6.42 Å². The fourth-order valence-electron chi connectivity index (χ4n) is 1.23. The Balaban J connectivity index is 2.78. The molecule has 1 amide bonds. The summed E-state index contributed by atoms with van der Waals surface area (Å²) in [6, 6.07) is 7.25. The van der Waals surface area contributed by atoms with Crippen LogP contribution < -0.4 is 5.32 Å². The van der Waals surface area contributed by atoms with Crippen LogP contribution in [0.3, 0.4) is 0 Å². The first kappa shape index (κ1) is 13.2. The topological polar surface area (TPSA) is 58.6 Å². The summed E-state index contributed by atoms with van der Waals surface area (Å²) < 4.78 is 4.73. The summed E-state index contributed by atoms with van der Waals surface area (Å²) >= 11 is 0. The van der Waals surface area contributed by atoms with Gasteiger partial charge in [0, 0.05) is 19.1 Å². The minimum Gasteiger partial charge on any atom is -0.395 e. The smallest absolute Gasteiger partial charge is 0.250 e. The molecular formula is C13H15NO3. The molecule has 0 heterocycles. The first-order valence-corrected chi connectivity index (χ1v) is 5.25. The van der Waals surface area contributed by atoms with Gasteiger partial charge in [0.2, 0.25) is 5.91 Å². The van der Waals surface area contributed by atoms with Crippen LogP contribution in [-0.2, 0) is 9.53 Å². The minimum absolute atomic E-state index is 0.0123. The third kappa shape index (κ3) is 4.68. The second kappa shape index (κ2) is 7.44. The highest BCUT2D eigenvalue weighted by molar-refractivity contribution is 5.93. The van der Waals surface area contributed by atoms with Crippen molar-refractivity contribution in [2.24, 2.45) is 0 Å². The second-order valence-corrected chi connectivity index (χ2v) is 3.30. The van der Waals surface area contributed by atoms with E-state index in [1.165, 1.54) is 7.11 Å². The van der Waals surface area contributed by atoms with Gasteiger partial charge < -0.3 is 15.2 Å². The number of hydrogen-bond acceptors (Lipinski definition) is 3. The standard InChI is InChI=1S/C13H15NO3/c1-17-10-13(16)14-12-8-3-2-6-11(12)7-4-5-9-15/h2-3,6,8,15H,5,9-10H2,1H3,(H,14,16). The van der Waals surface area contributed by atoms with Crippen LogP contribution >= 0.6 is 0 Å². The SMILES string of the molecule is COCC(=O)Nc1ccccc1C#CCCO. The highest BCUT2D eigenvalue weighted by Crippen LogP contribution is 2.13. The number of carbonyl (C=O) groups is 1. The van der Waals surface area contributed by atoms with Crippen molar-refractivity contribution in [3.8, 4) is 11.8 Å². The van der Waals surface area contributed by atoms with Gasteiger partial charge in [0.15, 0.2) is 0 Å². The van der Waals surface area contributed by atoms with Crippen LogP contribution in [0, 0.1) is 11.8 Å². The van der Waals surface area contributed by atoms with Gasteiger partial charge in [0.05, 0.1) is 12.3 Å². The highest BCUT2D eigenvalue weighted by atomic mass is 16.5. The van der Waals surface area contributed by atoms with E-state index in [1.54, 1.807) is 6.07 Å². The van der Waals surface area contributed by atoms with Gasteiger partial charge in [-0.25, -0.2) is 0 Å². The molecule has 1 aromatic rings. The molecule has 0 aromatic heterocycles. The molecule has 0 fully saturated rings. The van der Waals surface area contributed by atoms with Gasteiger partial charge in [-0.2, -0.15) is 0 Å². The van der Waals surface area contributed by atoms with Crippen molar-refractivity contribution >= 4 is 11.6 Å². The molecule has 0 saturated carbocycles. The van der Waals surface area contributed by atoms with E-state index in [9.17, 15) is 4.79 Å². The Bertz CT molecular complexity index is 432. The molecule has 4 heteroatoms. The predicted molar refractivity (Wildman–Crippen MR) is 65.5 cm³/mol. The fourth-order valence-corrected chi connectivity index (χ4v) is 1.23. The molecule has 1 rings (SSSR count). The van der Waals surface area contributed by atoms with Gasteiger partial charge in [0.1, 0.15) is 6.61 Å². The Morgan fingerprint density at radius 2 is 2.24 bits per heavy atom. The number of methoxy groups -OCH3 is 1. The van der Waals surface area contributed by atoms with Crippen molar-refractivity contribution in [3.05, 3.63) is 29.8 Å². The van der Waals surface area contributed by atoms with E-state index in [0.29, 0.717) is 12.1 Å². The Hall–Kier alpha value is -1.83. The lowest BCUT2D eigenvalue weighted by Crippen LogP contribution is -2.17. The highest BCUT2D eigenvalue weighted by Gasteiger charge is 2.03. The van der Waals surface area contributed by atoms with Crippen molar-refractivity contribution in [3.63, 3.8) is 0 Å². The molecule has 4 nitrogen and oxygen atoms in total. The summed E-state index contributed by atoms with van der Waals surface area (Å²) in [6.07, 6.45) is 0.417. The average molecular weight is 233 g/mol. The van der Waals surface area contributed by atoms with Crippen molar-refractivity contribution < 1.29 is 14.6 Å². The zero-order valence-electron chi connectivity index (χ0n) is 9.69. The zero-order valence-corrected chi connectivity index (χ0v) is 9.69. The van der Waals surface area contributed by atoms with E-state index in [4.69, 9.17) is 9.84 Å². The van der Waals surface area contributed by atoms with Gasteiger partial charge in [-0.15, -0.1) is 0 Å². The van der Waals surface area contributed by atoms with E-state index in [1.807, 2.05) is 18.2 Å². The molecule has 2 N–H and O–H groups in total. The number of amides is 1. The van der Waals surface area contributed by atoms with Gasteiger partial charge >= 0.3 is 0 Å². The first-order chi connectivity index (χ1) is 8.27. The number of ether oxygens (including phenoxy) is 1. The van der Waals surface area contributed by atoms with Crippen LogP contribution in [0.5, 0.6) is 0 Å². The van der Waals surface area contributed by atoms with Gasteiger partial charge in [-0.05, 0) is 12.1 Å². The van der Waals surface area contributed by atoms with E-state index in [0.717, 1.165) is 5.56 Å². The lowest BCUT2D eigenvalue weighted by molar-refractivity contribution is -0.119. The summed E-state index contributed by atoms with van der Waals surface area (Å²) in [7, 11) is 1.46. The molecule has 90 valence electrons.